The zero-order valence-electron chi connectivity index (χ0n) is 12.9. The normalized spacial score (nSPS) is 11.2. The van der Waals surface area contributed by atoms with Gasteiger partial charge in [0.15, 0.2) is 0 Å². The lowest BCUT2D eigenvalue weighted by molar-refractivity contribution is 0.841. The van der Waals surface area contributed by atoms with Crippen molar-refractivity contribution >= 4 is 11.0 Å². The molecule has 0 aliphatic rings. The summed E-state index contributed by atoms with van der Waals surface area (Å²) < 4.78 is 2.18. The first-order valence-electron chi connectivity index (χ1n) is 7.29. The fraction of sp³-hybridized carbons (Fsp3) is 0.278. The molecule has 2 aromatic carbocycles. The quantitative estimate of drug-likeness (QED) is 0.800. The summed E-state index contributed by atoms with van der Waals surface area (Å²) in [4.78, 5) is 4.79. The van der Waals surface area contributed by atoms with Crippen molar-refractivity contribution in [2.45, 2.75) is 26.8 Å². The van der Waals surface area contributed by atoms with E-state index >= 15 is 0 Å². The minimum atomic E-state index is 0.554. The summed E-state index contributed by atoms with van der Waals surface area (Å²) in [6, 6.07) is 12.9. The van der Waals surface area contributed by atoms with Crippen molar-refractivity contribution in [3.05, 3.63) is 64.5 Å². The average molecular weight is 279 g/mol. The lowest BCUT2D eigenvalue weighted by Gasteiger charge is -2.07. The largest absolute Gasteiger partial charge is 0.331 e. The van der Waals surface area contributed by atoms with Crippen LogP contribution in [-0.4, -0.2) is 9.55 Å². The molecule has 0 fully saturated rings. The summed E-state index contributed by atoms with van der Waals surface area (Å²) in [5.41, 5.74) is 13.0. The van der Waals surface area contributed by atoms with Gasteiger partial charge in [-0.25, -0.2) is 4.98 Å². The predicted octanol–water partition coefficient (Wildman–Crippen LogP) is 3.24. The molecule has 3 heteroatoms. The fourth-order valence-corrected chi connectivity index (χ4v) is 2.74. The number of hydrogen-bond acceptors (Lipinski definition) is 2. The summed E-state index contributed by atoms with van der Waals surface area (Å²) >= 11 is 0. The highest BCUT2D eigenvalue weighted by atomic mass is 15.1. The third kappa shape index (κ3) is 2.57. The van der Waals surface area contributed by atoms with Crippen LogP contribution in [0.1, 0.15) is 28.1 Å². The maximum atomic E-state index is 5.71. The van der Waals surface area contributed by atoms with Crippen LogP contribution in [-0.2, 0) is 20.0 Å². The number of imidazole rings is 1. The molecule has 21 heavy (non-hydrogen) atoms. The van der Waals surface area contributed by atoms with Crippen LogP contribution in [0.5, 0.6) is 0 Å². The van der Waals surface area contributed by atoms with Crippen LogP contribution in [0, 0.1) is 13.8 Å². The predicted molar refractivity (Wildman–Crippen MR) is 87.3 cm³/mol. The van der Waals surface area contributed by atoms with Gasteiger partial charge in [-0.1, -0.05) is 29.8 Å². The molecule has 0 saturated heterocycles. The Morgan fingerprint density at radius 2 is 1.90 bits per heavy atom. The molecule has 2 N–H and O–H groups in total. The van der Waals surface area contributed by atoms with Gasteiger partial charge in [-0.3, -0.25) is 0 Å². The summed E-state index contributed by atoms with van der Waals surface area (Å²) in [6.45, 7) is 4.84. The monoisotopic (exact) mass is 279 g/mol. The molecule has 0 aliphatic heterocycles. The molecule has 1 aromatic heterocycles. The Hall–Kier alpha value is -2.13. The Morgan fingerprint density at radius 1 is 1.10 bits per heavy atom. The van der Waals surface area contributed by atoms with Crippen LogP contribution in [0.4, 0.5) is 0 Å². The van der Waals surface area contributed by atoms with Crippen LogP contribution in [0.2, 0.25) is 0 Å². The van der Waals surface area contributed by atoms with Gasteiger partial charge in [-0.2, -0.15) is 0 Å². The zero-order chi connectivity index (χ0) is 15.0. The van der Waals surface area contributed by atoms with E-state index in [-0.39, 0.29) is 0 Å². The number of hydrogen-bond donors (Lipinski definition) is 1. The molecule has 0 atom stereocenters. The van der Waals surface area contributed by atoms with Gasteiger partial charge in [0.2, 0.25) is 0 Å². The molecule has 108 valence electrons. The highest BCUT2D eigenvalue weighted by Gasteiger charge is 2.10. The Morgan fingerprint density at radius 3 is 2.67 bits per heavy atom. The van der Waals surface area contributed by atoms with Crippen molar-refractivity contribution < 1.29 is 0 Å². The van der Waals surface area contributed by atoms with Crippen molar-refractivity contribution in [3.8, 4) is 0 Å². The fourth-order valence-electron chi connectivity index (χ4n) is 2.74. The number of nitrogens with zero attached hydrogens (tertiary/aromatic N) is 2. The minimum absolute atomic E-state index is 0.554. The molecule has 3 nitrogen and oxygen atoms in total. The number of nitrogens with two attached hydrogens (primary N) is 1. The molecule has 0 radical (unpaired) electrons. The van der Waals surface area contributed by atoms with Crippen LogP contribution in [0.25, 0.3) is 11.0 Å². The molecule has 0 amide bonds. The van der Waals surface area contributed by atoms with Gasteiger partial charge in [0.05, 0.1) is 11.0 Å². The SMILES string of the molecule is Cc1ccc(C)c(Cc2nc3cc(CN)ccc3n2C)c1. The summed E-state index contributed by atoms with van der Waals surface area (Å²) in [5, 5.41) is 0. The van der Waals surface area contributed by atoms with Crippen LogP contribution < -0.4 is 5.73 Å². The van der Waals surface area contributed by atoms with Crippen molar-refractivity contribution in [1.29, 1.82) is 0 Å². The smallest absolute Gasteiger partial charge is 0.114 e. The van der Waals surface area contributed by atoms with E-state index < -0.39 is 0 Å². The molecule has 0 saturated carbocycles. The highest BCUT2D eigenvalue weighted by Crippen LogP contribution is 2.20. The van der Waals surface area contributed by atoms with Crippen LogP contribution >= 0.6 is 0 Å². The number of aryl methyl sites for hydroxylation is 3. The molecule has 0 bridgehead atoms. The molecule has 3 rings (SSSR count). The van der Waals surface area contributed by atoms with Gasteiger partial charge in [-0.15, -0.1) is 0 Å². The Labute approximate surface area is 125 Å². The first-order valence-corrected chi connectivity index (χ1v) is 7.29. The third-order valence-corrected chi connectivity index (χ3v) is 4.13. The molecule has 0 unspecified atom stereocenters. The van der Waals surface area contributed by atoms with E-state index in [0.29, 0.717) is 6.54 Å². The van der Waals surface area contributed by atoms with Crippen LogP contribution in [0.15, 0.2) is 36.4 Å². The van der Waals surface area contributed by atoms with Gasteiger partial charge in [0, 0.05) is 20.0 Å². The first-order chi connectivity index (χ1) is 10.1. The highest BCUT2D eigenvalue weighted by molar-refractivity contribution is 5.77. The maximum Gasteiger partial charge on any atom is 0.114 e. The summed E-state index contributed by atoms with van der Waals surface area (Å²) in [6.07, 6.45) is 0.858. The lowest BCUT2D eigenvalue weighted by Crippen LogP contribution is -2.01. The topological polar surface area (TPSA) is 43.8 Å². The Kier molecular flexibility index (Phi) is 3.52. The van der Waals surface area contributed by atoms with Gasteiger partial charge in [-0.05, 0) is 42.7 Å². The van der Waals surface area contributed by atoms with Gasteiger partial charge in [0.1, 0.15) is 5.82 Å². The third-order valence-electron chi connectivity index (χ3n) is 4.13. The average Bonchev–Trinajstić information content (AvgIpc) is 2.79. The number of aromatic nitrogens is 2. The molecule has 3 aromatic rings. The second-order valence-corrected chi connectivity index (χ2v) is 5.72. The van der Waals surface area contributed by atoms with E-state index in [2.05, 4.69) is 61.9 Å². The van der Waals surface area contributed by atoms with E-state index in [1.54, 1.807) is 0 Å². The molecule has 1 heterocycles. The molecule has 0 spiro atoms. The van der Waals surface area contributed by atoms with Gasteiger partial charge >= 0.3 is 0 Å². The van der Waals surface area contributed by atoms with Crippen LogP contribution in [0.3, 0.4) is 0 Å². The Balaban J connectivity index is 2.04. The number of rotatable bonds is 3. The lowest BCUT2D eigenvalue weighted by atomic mass is 10.0. The minimum Gasteiger partial charge on any atom is -0.331 e. The standard InChI is InChI=1S/C18H21N3/c1-12-4-5-13(2)15(8-12)10-18-20-16-9-14(11-19)6-7-17(16)21(18)3/h4-9H,10-11,19H2,1-3H3. The van der Waals surface area contributed by atoms with Crippen molar-refractivity contribution in [2.75, 3.05) is 0 Å². The summed E-state index contributed by atoms with van der Waals surface area (Å²) in [5.74, 6) is 1.09. The van der Waals surface area contributed by atoms with E-state index in [4.69, 9.17) is 10.7 Å². The van der Waals surface area contributed by atoms with Crippen molar-refractivity contribution in [3.63, 3.8) is 0 Å². The van der Waals surface area contributed by atoms with E-state index in [1.807, 2.05) is 0 Å². The van der Waals surface area contributed by atoms with Gasteiger partial charge < -0.3 is 10.3 Å². The summed E-state index contributed by atoms with van der Waals surface area (Å²) in [7, 11) is 2.08. The second-order valence-electron chi connectivity index (χ2n) is 5.72. The second kappa shape index (κ2) is 5.34. The van der Waals surface area contributed by atoms with Gasteiger partial charge in [0.25, 0.3) is 0 Å². The molecular weight excluding hydrogens is 258 g/mol. The first kappa shape index (κ1) is 13.8. The molecular formula is C18H21N3. The van der Waals surface area contributed by atoms with Crippen molar-refractivity contribution in [1.82, 2.24) is 9.55 Å². The number of fused-ring (bicyclic) bond motifs is 1. The Bertz CT molecular complexity index is 800. The zero-order valence-corrected chi connectivity index (χ0v) is 12.9. The van der Waals surface area contributed by atoms with E-state index in [1.165, 1.54) is 16.7 Å². The van der Waals surface area contributed by atoms with E-state index in [0.717, 1.165) is 28.8 Å². The maximum absolute atomic E-state index is 5.71. The number of benzene rings is 2. The molecule has 0 aliphatic carbocycles. The van der Waals surface area contributed by atoms with E-state index in [9.17, 15) is 0 Å². The van der Waals surface area contributed by atoms with Crippen molar-refractivity contribution in [2.24, 2.45) is 12.8 Å².